The summed E-state index contributed by atoms with van der Waals surface area (Å²) < 4.78 is 0.697. The average molecular weight is 292 g/mol. The fourth-order valence-corrected chi connectivity index (χ4v) is 1.54. The van der Waals surface area contributed by atoms with E-state index in [2.05, 4.69) is 31.2 Å². The summed E-state index contributed by atoms with van der Waals surface area (Å²) in [5.74, 6) is 0.354. The van der Waals surface area contributed by atoms with Crippen molar-refractivity contribution in [3.05, 3.63) is 52.4 Å². The number of pyridine rings is 2. The number of nitrogens with one attached hydrogen (secondary N) is 1. The van der Waals surface area contributed by atoms with Crippen molar-refractivity contribution >= 4 is 27.7 Å². The molecular formula is C12H10BrN3O. The van der Waals surface area contributed by atoms with Crippen molar-refractivity contribution in [1.29, 1.82) is 0 Å². The van der Waals surface area contributed by atoms with Gasteiger partial charge in [0.1, 0.15) is 10.4 Å². The van der Waals surface area contributed by atoms with Gasteiger partial charge in [0.25, 0.3) is 5.91 Å². The van der Waals surface area contributed by atoms with Crippen LogP contribution in [0.15, 0.2) is 41.3 Å². The van der Waals surface area contributed by atoms with Crippen molar-refractivity contribution in [3.8, 4) is 0 Å². The summed E-state index contributed by atoms with van der Waals surface area (Å²) in [5, 5.41) is 2.74. The van der Waals surface area contributed by atoms with Crippen LogP contribution in [-0.4, -0.2) is 15.9 Å². The molecule has 0 atom stereocenters. The number of carbonyl (C=O) groups is 1. The number of halogens is 1. The highest BCUT2D eigenvalue weighted by Crippen LogP contribution is 2.12. The third kappa shape index (κ3) is 2.88. The van der Waals surface area contributed by atoms with Gasteiger partial charge >= 0.3 is 0 Å². The van der Waals surface area contributed by atoms with E-state index in [1.165, 1.54) is 6.20 Å². The zero-order valence-corrected chi connectivity index (χ0v) is 10.7. The van der Waals surface area contributed by atoms with Crippen molar-refractivity contribution in [2.75, 3.05) is 5.32 Å². The number of amides is 1. The van der Waals surface area contributed by atoms with E-state index in [4.69, 9.17) is 0 Å². The van der Waals surface area contributed by atoms with Crippen LogP contribution in [0.2, 0.25) is 0 Å². The van der Waals surface area contributed by atoms with Gasteiger partial charge in [-0.25, -0.2) is 9.97 Å². The first-order valence-electron chi connectivity index (χ1n) is 5.01. The minimum atomic E-state index is -0.216. The Morgan fingerprint density at radius 3 is 2.76 bits per heavy atom. The highest BCUT2D eigenvalue weighted by atomic mass is 79.9. The molecule has 0 fully saturated rings. The van der Waals surface area contributed by atoms with Crippen molar-refractivity contribution < 1.29 is 4.79 Å². The molecule has 0 unspecified atom stereocenters. The maximum absolute atomic E-state index is 11.9. The van der Waals surface area contributed by atoms with Gasteiger partial charge in [0.05, 0.1) is 5.56 Å². The van der Waals surface area contributed by atoms with Gasteiger partial charge in [-0.15, -0.1) is 0 Å². The maximum atomic E-state index is 11.9. The van der Waals surface area contributed by atoms with Crippen LogP contribution in [0.1, 0.15) is 15.9 Å². The quantitative estimate of drug-likeness (QED) is 0.866. The van der Waals surface area contributed by atoms with E-state index in [0.29, 0.717) is 16.0 Å². The fourth-order valence-electron chi connectivity index (χ4n) is 1.31. The molecule has 0 saturated carbocycles. The first-order valence-corrected chi connectivity index (χ1v) is 5.80. The smallest absolute Gasteiger partial charge is 0.258 e. The number of nitrogens with zero attached hydrogens (tertiary/aromatic N) is 2. The van der Waals surface area contributed by atoms with Gasteiger partial charge in [0.15, 0.2) is 0 Å². The Balaban J connectivity index is 2.17. The number of anilines is 1. The summed E-state index contributed by atoms with van der Waals surface area (Å²) in [6, 6.07) is 7.14. The van der Waals surface area contributed by atoms with Crippen molar-refractivity contribution in [1.82, 2.24) is 9.97 Å². The van der Waals surface area contributed by atoms with E-state index in [0.717, 1.165) is 5.56 Å². The van der Waals surface area contributed by atoms with Gasteiger partial charge in [0, 0.05) is 12.4 Å². The third-order valence-electron chi connectivity index (χ3n) is 2.23. The Kier molecular flexibility index (Phi) is 3.49. The van der Waals surface area contributed by atoms with Crippen LogP contribution in [0, 0.1) is 6.92 Å². The lowest BCUT2D eigenvalue weighted by Gasteiger charge is -2.06. The molecule has 0 aliphatic rings. The van der Waals surface area contributed by atoms with Crippen LogP contribution in [0.3, 0.4) is 0 Å². The van der Waals surface area contributed by atoms with E-state index >= 15 is 0 Å². The van der Waals surface area contributed by atoms with Crippen LogP contribution in [-0.2, 0) is 0 Å². The largest absolute Gasteiger partial charge is 0.306 e. The van der Waals surface area contributed by atoms with Crippen molar-refractivity contribution in [2.45, 2.75) is 6.92 Å². The zero-order valence-electron chi connectivity index (χ0n) is 9.14. The van der Waals surface area contributed by atoms with Gasteiger partial charge in [-0.2, -0.15) is 0 Å². The number of rotatable bonds is 2. The van der Waals surface area contributed by atoms with E-state index in [1.54, 1.807) is 18.3 Å². The highest BCUT2D eigenvalue weighted by molar-refractivity contribution is 9.10. The monoisotopic (exact) mass is 291 g/mol. The molecule has 0 aliphatic carbocycles. The molecule has 2 rings (SSSR count). The minimum absolute atomic E-state index is 0.216. The summed E-state index contributed by atoms with van der Waals surface area (Å²) in [5.41, 5.74) is 1.42. The van der Waals surface area contributed by atoms with Crippen molar-refractivity contribution in [2.24, 2.45) is 0 Å². The summed E-state index contributed by atoms with van der Waals surface area (Å²) in [7, 11) is 0. The fraction of sp³-hybridized carbons (Fsp3) is 0.0833. The maximum Gasteiger partial charge on any atom is 0.258 e. The molecule has 1 amide bonds. The Labute approximate surface area is 107 Å². The van der Waals surface area contributed by atoms with E-state index in [1.807, 2.05) is 19.1 Å². The highest BCUT2D eigenvalue weighted by Gasteiger charge is 2.08. The van der Waals surface area contributed by atoms with Gasteiger partial charge in [-0.1, -0.05) is 6.07 Å². The molecule has 17 heavy (non-hydrogen) atoms. The number of aryl methyl sites for hydroxylation is 1. The van der Waals surface area contributed by atoms with Crippen LogP contribution in [0.25, 0.3) is 0 Å². The molecule has 0 saturated heterocycles. The second-order valence-corrected chi connectivity index (χ2v) is 4.31. The molecule has 0 radical (unpaired) electrons. The summed E-state index contributed by atoms with van der Waals surface area (Å²) in [4.78, 5) is 20.0. The first kappa shape index (κ1) is 11.7. The molecule has 0 spiro atoms. The normalized spacial score (nSPS) is 10.0. The van der Waals surface area contributed by atoms with Crippen LogP contribution < -0.4 is 5.32 Å². The third-order valence-corrected chi connectivity index (χ3v) is 2.70. The van der Waals surface area contributed by atoms with Gasteiger partial charge < -0.3 is 5.32 Å². The Morgan fingerprint density at radius 1 is 1.29 bits per heavy atom. The average Bonchev–Trinajstić information content (AvgIpc) is 2.33. The molecule has 0 bridgehead atoms. The van der Waals surface area contributed by atoms with E-state index in [9.17, 15) is 4.79 Å². The molecule has 2 aromatic rings. The molecule has 5 heteroatoms. The van der Waals surface area contributed by atoms with Crippen LogP contribution in [0.5, 0.6) is 0 Å². The van der Waals surface area contributed by atoms with E-state index < -0.39 is 0 Å². The lowest BCUT2D eigenvalue weighted by molar-refractivity contribution is 0.102. The summed E-state index contributed by atoms with van der Waals surface area (Å²) >= 11 is 3.22. The van der Waals surface area contributed by atoms with Gasteiger partial charge in [-0.3, -0.25) is 4.79 Å². The predicted molar refractivity (Wildman–Crippen MR) is 68.9 cm³/mol. The number of hydrogen-bond donors (Lipinski definition) is 1. The lowest BCUT2D eigenvalue weighted by Crippen LogP contribution is -2.14. The summed E-state index contributed by atoms with van der Waals surface area (Å²) in [6.45, 7) is 1.89. The number of aromatic nitrogens is 2. The molecule has 2 heterocycles. The second kappa shape index (κ2) is 5.05. The second-order valence-electron chi connectivity index (χ2n) is 3.49. The molecule has 1 N–H and O–H groups in total. The molecular weight excluding hydrogens is 282 g/mol. The van der Waals surface area contributed by atoms with Crippen molar-refractivity contribution in [3.63, 3.8) is 0 Å². The molecule has 2 aromatic heterocycles. The SMILES string of the molecule is Cc1cccnc1NC(=O)c1ccc(Br)nc1. The Morgan fingerprint density at radius 2 is 2.12 bits per heavy atom. The topological polar surface area (TPSA) is 54.9 Å². The standard InChI is InChI=1S/C12H10BrN3O/c1-8-3-2-6-14-11(8)16-12(17)9-4-5-10(13)15-7-9/h2-7H,1H3,(H,14,16,17). The molecule has 0 aliphatic heterocycles. The van der Waals surface area contributed by atoms with Crippen LogP contribution in [0.4, 0.5) is 5.82 Å². The molecule has 0 aromatic carbocycles. The summed E-state index contributed by atoms with van der Waals surface area (Å²) in [6.07, 6.45) is 3.15. The van der Waals surface area contributed by atoms with Crippen LogP contribution >= 0.6 is 15.9 Å². The minimum Gasteiger partial charge on any atom is -0.306 e. The predicted octanol–water partition coefficient (Wildman–Crippen LogP) is 2.80. The zero-order chi connectivity index (χ0) is 12.3. The Hall–Kier alpha value is -1.75. The Bertz CT molecular complexity index is 540. The first-order chi connectivity index (χ1) is 8.16. The van der Waals surface area contributed by atoms with Gasteiger partial charge in [0.2, 0.25) is 0 Å². The molecule has 4 nitrogen and oxygen atoms in total. The molecule has 86 valence electrons. The lowest BCUT2D eigenvalue weighted by atomic mass is 10.2. The number of hydrogen-bond acceptors (Lipinski definition) is 3. The van der Waals surface area contributed by atoms with E-state index in [-0.39, 0.29) is 5.91 Å². The van der Waals surface area contributed by atoms with Gasteiger partial charge in [-0.05, 0) is 46.6 Å². The number of carbonyl (C=O) groups excluding carboxylic acids is 1.